The summed E-state index contributed by atoms with van der Waals surface area (Å²) in [5, 5.41) is 24.6. The van der Waals surface area contributed by atoms with Crippen LogP contribution in [-0.4, -0.2) is 56.7 Å². The maximum atomic E-state index is 16.1. The lowest BCUT2D eigenvalue weighted by molar-refractivity contribution is 0.000446. The molecule has 7 nitrogen and oxygen atoms in total. The largest absolute Gasteiger partial charge is 0.507 e. The average molecular weight is 528 g/mol. The Morgan fingerprint density at radius 2 is 1.95 bits per heavy atom. The van der Waals surface area contributed by atoms with Gasteiger partial charge in [0, 0.05) is 29.3 Å². The fraction of sp³-hybridized carbons (Fsp3) is 0.519. The van der Waals surface area contributed by atoms with E-state index in [0.717, 1.165) is 38.5 Å². The SMILES string of the molecule is COc1cc(-c2ccc(-c3nnc(N(C4CC4)[C@H]4C[C@]5(C)CCC[C@@](C)(N5)[C@H]4F)s3)c(O)c2)cc(F)n1. The molecule has 3 aliphatic rings. The van der Waals surface area contributed by atoms with Gasteiger partial charge in [0.15, 0.2) is 5.01 Å². The van der Waals surface area contributed by atoms with E-state index in [0.29, 0.717) is 26.8 Å². The highest BCUT2D eigenvalue weighted by Crippen LogP contribution is 2.48. The molecule has 4 atom stereocenters. The van der Waals surface area contributed by atoms with Gasteiger partial charge in [-0.25, -0.2) is 4.39 Å². The first-order valence-corrected chi connectivity index (χ1v) is 13.6. The number of ether oxygens (including phenoxy) is 1. The van der Waals surface area contributed by atoms with Crippen molar-refractivity contribution in [3.8, 4) is 33.3 Å². The number of fused-ring (bicyclic) bond motifs is 2. The normalized spacial score (nSPS) is 29.2. The predicted molar refractivity (Wildman–Crippen MR) is 139 cm³/mol. The van der Waals surface area contributed by atoms with E-state index >= 15 is 4.39 Å². The number of anilines is 1. The number of hydrogen-bond donors (Lipinski definition) is 2. The quantitative estimate of drug-likeness (QED) is 0.410. The topological polar surface area (TPSA) is 83.4 Å². The second-order valence-electron chi connectivity index (χ2n) is 11.1. The van der Waals surface area contributed by atoms with E-state index in [9.17, 15) is 9.50 Å². The van der Waals surface area contributed by atoms with Gasteiger partial charge in [0.05, 0.1) is 18.7 Å². The number of phenolic OH excluding ortho intramolecular Hbond substituents is 1. The van der Waals surface area contributed by atoms with Gasteiger partial charge in [0.25, 0.3) is 0 Å². The smallest absolute Gasteiger partial charge is 0.216 e. The van der Waals surface area contributed by atoms with Gasteiger partial charge in [0.2, 0.25) is 17.0 Å². The number of aromatic hydroxyl groups is 1. The van der Waals surface area contributed by atoms with Crippen molar-refractivity contribution in [2.45, 2.75) is 81.7 Å². The highest BCUT2D eigenvalue weighted by Gasteiger charge is 2.56. The fourth-order valence-electron chi connectivity index (χ4n) is 6.24. The molecule has 37 heavy (non-hydrogen) atoms. The molecule has 2 N–H and O–H groups in total. The molecule has 196 valence electrons. The molecule has 0 radical (unpaired) electrons. The van der Waals surface area contributed by atoms with Crippen molar-refractivity contribution < 1.29 is 18.6 Å². The van der Waals surface area contributed by atoms with Gasteiger partial charge in [-0.2, -0.15) is 9.37 Å². The van der Waals surface area contributed by atoms with E-state index in [2.05, 4.69) is 32.3 Å². The maximum Gasteiger partial charge on any atom is 0.216 e. The zero-order valence-electron chi connectivity index (χ0n) is 21.2. The third-order valence-corrected chi connectivity index (χ3v) is 9.06. The first kappa shape index (κ1) is 24.5. The summed E-state index contributed by atoms with van der Waals surface area (Å²) >= 11 is 1.37. The summed E-state index contributed by atoms with van der Waals surface area (Å²) in [5.74, 6) is -0.500. The van der Waals surface area contributed by atoms with Crippen molar-refractivity contribution in [3.63, 3.8) is 0 Å². The zero-order chi connectivity index (χ0) is 25.9. The van der Waals surface area contributed by atoms with Crippen molar-refractivity contribution in [1.82, 2.24) is 20.5 Å². The third kappa shape index (κ3) is 4.44. The number of methoxy groups -OCH3 is 1. The van der Waals surface area contributed by atoms with Gasteiger partial charge in [-0.05, 0) is 75.6 Å². The summed E-state index contributed by atoms with van der Waals surface area (Å²) in [6.07, 6.45) is 4.65. The van der Waals surface area contributed by atoms with Crippen LogP contribution in [0.2, 0.25) is 0 Å². The van der Waals surface area contributed by atoms with Gasteiger partial charge < -0.3 is 20.1 Å². The summed E-state index contributed by atoms with van der Waals surface area (Å²) in [6, 6.07) is 8.00. The number of halogens is 2. The Bertz CT molecular complexity index is 1330. The number of alkyl halides is 1. The molecular formula is C27H31F2N5O2S. The first-order valence-electron chi connectivity index (χ1n) is 12.8. The van der Waals surface area contributed by atoms with Crippen molar-refractivity contribution in [2.24, 2.45) is 0 Å². The fourth-order valence-corrected chi connectivity index (χ4v) is 7.24. The molecule has 6 rings (SSSR count). The minimum Gasteiger partial charge on any atom is -0.507 e. The Morgan fingerprint density at radius 3 is 2.68 bits per heavy atom. The van der Waals surface area contributed by atoms with Crippen LogP contribution in [0.4, 0.5) is 13.9 Å². The Kier molecular flexibility index (Phi) is 5.87. The molecule has 1 saturated carbocycles. The summed E-state index contributed by atoms with van der Waals surface area (Å²) in [5.41, 5.74) is 1.05. The van der Waals surface area contributed by atoms with Gasteiger partial charge in [-0.15, -0.1) is 10.2 Å². The molecule has 2 saturated heterocycles. The molecule has 0 unspecified atom stereocenters. The van der Waals surface area contributed by atoms with E-state index in [1.54, 1.807) is 24.3 Å². The van der Waals surface area contributed by atoms with Crippen molar-refractivity contribution >= 4 is 16.5 Å². The molecule has 3 fully saturated rings. The van der Waals surface area contributed by atoms with Crippen LogP contribution in [0.1, 0.15) is 52.4 Å². The minimum atomic E-state index is -1.01. The Balaban J connectivity index is 1.30. The van der Waals surface area contributed by atoms with E-state index in [1.165, 1.54) is 24.5 Å². The number of nitrogens with zero attached hydrogens (tertiary/aromatic N) is 4. The molecule has 2 aromatic heterocycles. The second-order valence-corrected chi connectivity index (χ2v) is 12.1. The van der Waals surface area contributed by atoms with E-state index in [4.69, 9.17) is 4.74 Å². The number of hydrogen-bond acceptors (Lipinski definition) is 8. The molecule has 4 heterocycles. The molecule has 10 heteroatoms. The monoisotopic (exact) mass is 527 g/mol. The third-order valence-electron chi connectivity index (χ3n) is 8.09. The number of rotatable bonds is 6. The van der Waals surface area contributed by atoms with Crippen molar-refractivity contribution in [2.75, 3.05) is 12.0 Å². The number of phenols is 1. The first-order chi connectivity index (χ1) is 17.7. The van der Waals surface area contributed by atoms with Gasteiger partial charge in [-0.3, -0.25) is 0 Å². The maximum absolute atomic E-state index is 16.1. The molecule has 1 aliphatic carbocycles. The molecule has 0 spiro atoms. The predicted octanol–water partition coefficient (Wildman–Crippen LogP) is 5.49. The highest BCUT2D eigenvalue weighted by molar-refractivity contribution is 7.18. The average Bonchev–Trinajstić information content (AvgIpc) is 3.58. The van der Waals surface area contributed by atoms with Crippen LogP contribution in [0.25, 0.3) is 21.7 Å². The molecular weight excluding hydrogens is 496 g/mol. The molecule has 2 bridgehead atoms. The number of nitrogens with one attached hydrogen (secondary N) is 1. The number of aromatic nitrogens is 3. The van der Waals surface area contributed by atoms with E-state index < -0.39 is 17.7 Å². The van der Waals surface area contributed by atoms with Crippen molar-refractivity contribution in [3.05, 3.63) is 36.3 Å². The van der Waals surface area contributed by atoms with Crippen LogP contribution in [0, 0.1) is 5.95 Å². The number of pyridine rings is 1. The number of benzene rings is 1. The van der Waals surface area contributed by atoms with Crippen LogP contribution in [0.5, 0.6) is 11.6 Å². The van der Waals surface area contributed by atoms with Crippen LogP contribution >= 0.6 is 11.3 Å². The Labute approximate surface area is 218 Å². The summed E-state index contributed by atoms with van der Waals surface area (Å²) < 4.78 is 35.0. The summed E-state index contributed by atoms with van der Waals surface area (Å²) in [4.78, 5) is 5.84. The number of piperidine rings is 2. The molecule has 0 amide bonds. The van der Waals surface area contributed by atoms with E-state index in [-0.39, 0.29) is 29.3 Å². The minimum absolute atomic E-state index is 0.00847. The Morgan fingerprint density at radius 1 is 1.14 bits per heavy atom. The lowest BCUT2D eigenvalue weighted by Crippen LogP contribution is -2.73. The van der Waals surface area contributed by atoms with Crippen LogP contribution in [0.15, 0.2) is 30.3 Å². The lowest BCUT2D eigenvalue weighted by atomic mass is 9.68. The lowest BCUT2D eigenvalue weighted by Gasteiger charge is -2.57. The summed E-state index contributed by atoms with van der Waals surface area (Å²) in [7, 11) is 1.42. The highest BCUT2D eigenvalue weighted by atomic mass is 32.1. The Hall–Kier alpha value is -2.85. The van der Waals surface area contributed by atoms with Gasteiger partial charge in [0.1, 0.15) is 11.9 Å². The van der Waals surface area contributed by atoms with Crippen LogP contribution in [-0.2, 0) is 0 Å². The van der Waals surface area contributed by atoms with Crippen LogP contribution < -0.4 is 15.0 Å². The summed E-state index contributed by atoms with van der Waals surface area (Å²) in [6.45, 7) is 4.23. The second kappa shape index (κ2) is 8.87. The zero-order valence-corrected chi connectivity index (χ0v) is 22.0. The molecule has 2 aliphatic heterocycles. The van der Waals surface area contributed by atoms with Gasteiger partial charge in [-0.1, -0.05) is 17.4 Å². The molecule has 1 aromatic carbocycles. The molecule has 3 aromatic rings. The van der Waals surface area contributed by atoms with Crippen LogP contribution in [0.3, 0.4) is 0 Å². The van der Waals surface area contributed by atoms with Crippen molar-refractivity contribution in [1.29, 1.82) is 0 Å². The standard InChI is InChI=1S/C27H31F2N5O2S/c1-26-9-4-10-27(2,33-26)23(29)19(14-26)34(17-6-7-17)25-32-31-24(37-25)18-8-5-15(11-20(18)35)16-12-21(28)30-22(13-16)36-3/h5,8,11-13,17,19,23,33,35H,4,6-7,9-10,14H2,1-3H3/t19-,23-,26-,27+/m0/s1. The van der Waals surface area contributed by atoms with E-state index in [1.807, 2.05) is 6.92 Å². The van der Waals surface area contributed by atoms with Gasteiger partial charge >= 0.3 is 0 Å².